The molecular formula is C23H28N4OS. The van der Waals surface area contributed by atoms with Crippen molar-refractivity contribution >= 4 is 34.4 Å². The van der Waals surface area contributed by atoms with Crippen molar-refractivity contribution in [1.82, 2.24) is 14.8 Å². The molecule has 1 aliphatic rings. The van der Waals surface area contributed by atoms with Crippen molar-refractivity contribution in [2.24, 2.45) is 0 Å². The normalized spacial score (nSPS) is 14.5. The lowest BCUT2D eigenvalue weighted by Gasteiger charge is -2.29. The summed E-state index contributed by atoms with van der Waals surface area (Å²) in [5.74, 6) is 1.15. The van der Waals surface area contributed by atoms with Crippen molar-refractivity contribution in [3.63, 3.8) is 0 Å². The average molecular weight is 409 g/mol. The summed E-state index contributed by atoms with van der Waals surface area (Å²) >= 11 is 1.80. The first-order valence-electron chi connectivity index (χ1n) is 10.1. The van der Waals surface area contributed by atoms with E-state index < -0.39 is 0 Å². The fourth-order valence-electron chi connectivity index (χ4n) is 3.77. The number of benzene rings is 1. The number of thioether (sulfide) groups is 1. The van der Waals surface area contributed by atoms with Crippen LogP contribution in [0.3, 0.4) is 0 Å². The smallest absolute Gasteiger partial charge is 0.259 e. The van der Waals surface area contributed by atoms with Gasteiger partial charge in [0.25, 0.3) is 5.91 Å². The van der Waals surface area contributed by atoms with Gasteiger partial charge in [-0.2, -0.15) is 5.10 Å². The van der Waals surface area contributed by atoms with E-state index in [0.29, 0.717) is 12.1 Å². The Hall–Kier alpha value is -2.34. The molecule has 1 aromatic carbocycles. The molecule has 2 aromatic heterocycles. The summed E-state index contributed by atoms with van der Waals surface area (Å²) in [7, 11) is 0. The molecule has 1 amide bonds. The van der Waals surface area contributed by atoms with Gasteiger partial charge in [0.2, 0.25) is 0 Å². The molecule has 0 unspecified atom stereocenters. The minimum absolute atomic E-state index is 0.0311. The maximum absolute atomic E-state index is 13.8. The molecular weight excluding hydrogens is 380 g/mol. The molecule has 6 heteroatoms. The zero-order chi connectivity index (χ0) is 20.9. The molecule has 5 nitrogen and oxygen atoms in total. The molecule has 0 atom stereocenters. The molecule has 3 heterocycles. The topological polar surface area (TPSA) is 51.0 Å². The Morgan fingerprint density at radius 2 is 1.93 bits per heavy atom. The Balaban J connectivity index is 1.94. The third-order valence-corrected chi connectivity index (χ3v) is 6.31. The van der Waals surface area contributed by atoms with E-state index in [1.807, 2.05) is 40.8 Å². The number of fused-ring (bicyclic) bond motifs is 2. The van der Waals surface area contributed by atoms with Crippen molar-refractivity contribution < 1.29 is 4.79 Å². The van der Waals surface area contributed by atoms with Crippen molar-refractivity contribution in [2.45, 2.75) is 57.9 Å². The number of pyridine rings is 1. The first-order valence-corrected chi connectivity index (χ1v) is 11.1. The molecule has 0 bridgehead atoms. The van der Waals surface area contributed by atoms with Gasteiger partial charge in [0.15, 0.2) is 5.65 Å². The number of amides is 1. The molecule has 4 rings (SSSR count). The predicted octanol–water partition coefficient (Wildman–Crippen LogP) is 5.37. The molecule has 0 fully saturated rings. The van der Waals surface area contributed by atoms with Crippen molar-refractivity contribution in [3.05, 3.63) is 47.3 Å². The second kappa shape index (κ2) is 7.17. The predicted molar refractivity (Wildman–Crippen MR) is 120 cm³/mol. The maximum Gasteiger partial charge on any atom is 0.259 e. The highest BCUT2D eigenvalue weighted by Crippen LogP contribution is 2.37. The summed E-state index contributed by atoms with van der Waals surface area (Å²) in [4.78, 5) is 21.8. The van der Waals surface area contributed by atoms with Gasteiger partial charge < -0.3 is 4.90 Å². The monoisotopic (exact) mass is 408 g/mol. The van der Waals surface area contributed by atoms with Crippen LogP contribution in [0.2, 0.25) is 0 Å². The van der Waals surface area contributed by atoms with E-state index >= 15 is 0 Å². The molecule has 3 aromatic rings. The minimum Gasteiger partial charge on any atom is -0.306 e. The molecule has 1 aliphatic heterocycles. The van der Waals surface area contributed by atoms with E-state index in [2.05, 4.69) is 40.7 Å². The summed E-state index contributed by atoms with van der Waals surface area (Å²) in [5.41, 5.74) is 4.04. The standard InChI is InChI=1S/C23H28N4OS/c1-14(2)17-13-16(20-15(3)25-27(21(20)24-17)23(4,5)6)22(28)26-11-12-29-19-10-8-7-9-18(19)26/h7-10,13-14H,11-12H2,1-6H3. The summed E-state index contributed by atoms with van der Waals surface area (Å²) in [6.07, 6.45) is 0. The van der Waals surface area contributed by atoms with Crippen LogP contribution in [0, 0.1) is 6.92 Å². The number of aryl methyl sites for hydroxylation is 1. The van der Waals surface area contributed by atoms with Crippen LogP contribution in [0.5, 0.6) is 0 Å². The van der Waals surface area contributed by atoms with E-state index in [-0.39, 0.29) is 17.4 Å². The molecule has 152 valence electrons. The summed E-state index contributed by atoms with van der Waals surface area (Å²) < 4.78 is 1.96. The lowest BCUT2D eigenvalue weighted by atomic mass is 10.0. The summed E-state index contributed by atoms with van der Waals surface area (Å²) in [6.45, 7) is 13.2. The van der Waals surface area contributed by atoms with Crippen LogP contribution in [0.25, 0.3) is 11.0 Å². The van der Waals surface area contributed by atoms with E-state index in [1.165, 1.54) is 0 Å². The van der Waals surface area contributed by atoms with Crippen LogP contribution in [0.4, 0.5) is 5.69 Å². The van der Waals surface area contributed by atoms with Gasteiger partial charge in [0, 0.05) is 22.9 Å². The number of aromatic nitrogens is 3. The average Bonchev–Trinajstić information content (AvgIpc) is 3.03. The summed E-state index contributed by atoms with van der Waals surface area (Å²) in [6, 6.07) is 10.1. The Kier molecular flexibility index (Phi) is 4.93. The molecule has 0 saturated heterocycles. The molecule has 0 aliphatic carbocycles. The van der Waals surface area contributed by atoms with Crippen LogP contribution in [0.15, 0.2) is 35.2 Å². The minimum atomic E-state index is -0.218. The SMILES string of the molecule is Cc1nn(C(C)(C)C)c2nc(C(C)C)cc(C(=O)N3CCSc4ccccc43)c12. The van der Waals surface area contributed by atoms with Gasteiger partial charge in [-0.3, -0.25) is 4.79 Å². The first-order chi connectivity index (χ1) is 13.7. The van der Waals surface area contributed by atoms with Crippen molar-refractivity contribution in [1.29, 1.82) is 0 Å². The highest BCUT2D eigenvalue weighted by molar-refractivity contribution is 7.99. The molecule has 0 N–H and O–H groups in total. The van der Waals surface area contributed by atoms with Gasteiger partial charge in [-0.25, -0.2) is 9.67 Å². The maximum atomic E-state index is 13.8. The quantitative estimate of drug-likeness (QED) is 0.572. The molecule has 0 saturated carbocycles. The number of rotatable bonds is 2. The van der Waals surface area contributed by atoms with Gasteiger partial charge in [0.05, 0.1) is 27.9 Å². The van der Waals surface area contributed by atoms with Crippen LogP contribution < -0.4 is 4.90 Å². The van der Waals surface area contributed by atoms with Crippen LogP contribution >= 0.6 is 11.8 Å². The zero-order valence-electron chi connectivity index (χ0n) is 18.0. The van der Waals surface area contributed by atoms with Gasteiger partial charge in [0.1, 0.15) is 0 Å². The number of hydrogen-bond acceptors (Lipinski definition) is 4. The van der Waals surface area contributed by atoms with E-state index in [9.17, 15) is 4.79 Å². The second-order valence-corrected chi connectivity index (χ2v) is 10.0. The Morgan fingerprint density at radius 3 is 2.62 bits per heavy atom. The number of carbonyl (C=O) groups excluding carboxylic acids is 1. The van der Waals surface area contributed by atoms with Crippen LogP contribution in [0.1, 0.15) is 62.3 Å². The van der Waals surface area contributed by atoms with Crippen LogP contribution in [-0.4, -0.2) is 33.0 Å². The van der Waals surface area contributed by atoms with Gasteiger partial charge in [-0.1, -0.05) is 26.0 Å². The molecule has 0 radical (unpaired) electrons. The number of nitrogens with zero attached hydrogens (tertiary/aromatic N) is 4. The Bertz CT molecular complexity index is 1090. The summed E-state index contributed by atoms with van der Waals surface area (Å²) in [5, 5.41) is 5.64. The second-order valence-electron chi connectivity index (χ2n) is 8.89. The van der Waals surface area contributed by atoms with E-state index in [1.54, 1.807) is 11.8 Å². The number of hydrogen-bond donors (Lipinski definition) is 0. The Morgan fingerprint density at radius 1 is 1.21 bits per heavy atom. The van der Waals surface area contributed by atoms with E-state index in [4.69, 9.17) is 10.1 Å². The lowest BCUT2D eigenvalue weighted by Crippen LogP contribution is -2.35. The molecule has 0 spiro atoms. The van der Waals surface area contributed by atoms with Gasteiger partial charge in [-0.15, -0.1) is 11.8 Å². The zero-order valence-corrected chi connectivity index (χ0v) is 18.8. The highest BCUT2D eigenvalue weighted by atomic mass is 32.2. The van der Waals surface area contributed by atoms with Gasteiger partial charge >= 0.3 is 0 Å². The van der Waals surface area contributed by atoms with Crippen molar-refractivity contribution in [3.8, 4) is 0 Å². The Labute approximate surface area is 176 Å². The largest absolute Gasteiger partial charge is 0.306 e. The molecule has 29 heavy (non-hydrogen) atoms. The fraction of sp³-hybridized carbons (Fsp3) is 0.435. The van der Waals surface area contributed by atoms with E-state index in [0.717, 1.165) is 38.8 Å². The lowest BCUT2D eigenvalue weighted by molar-refractivity contribution is 0.0989. The first kappa shape index (κ1) is 20.0. The number of anilines is 1. The number of para-hydroxylation sites is 1. The fourth-order valence-corrected chi connectivity index (χ4v) is 4.76. The highest BCUT2D eigenvalue weighted by Gasteiger charge is 2.29. The van der Waals surface area contributed by atoms with Gasteiger partial charge in [-0.05, 0) is 51.8 Å². The third kappa shape index (κ3) is 3.44. The van der Waals surface area contributed by atoms with Crippen LogP contribution in [-0.2, 0) is 5.54 Å². The van der Waals surface area contributed by atoms with Crippen molar-refractivity contribution in [2.75, 3.05) is 17.2 Å². The number of carbonyl (C=O) groups is 1. The third-order valence-electron chi connectivity index (χ3n) is 5.26.